The van der Waals surface area contributed by atoms with Gasteiger partial charge in [0.2, 0.25) is 10.0 Å². The van der Waals surface area contributed by atoms with Crippen molar-refractivity contribution in [3.05, 3.63) is 54.1 Å². The molecule has 0 aliphatic heterocycles. The lowest BCUT2D eigenvalue weighted by atomic mass is 10.2. The second-order valence-corrected chi connectivity index (χ2v) is 7.75. The van der Waals surface area contributed by atoms with Crippen molar-refractivity contribution in [2.75, 3.05) is 18.6 Å². The molecule has 0 spiro atoms. The number of sulfonamides is 1. The zero-order valence-electron chi connectivity index (χ0n) is 16.4. The summed E-state index contributed by atoms with van der Waals surface area (Å²) in [4.78, 5) is 26.6. The molecule has 0 unspecified atom stereocenters. The fourth-order valence-electron chi connectivity index (χ4n) is 2.65. The predicted molar refractivity (Wildman–Crippen MR) is 108 cm³/mol. The highest BCUT2D eigenvalue weighted by atomic mass is 32.2. The molecule has 30 heavy (non-hydrogen) atoms. The van der Waals surface area contributed by atoms with Gasteiger partial charge in [-0.15, -0.1) is 0 Å². The summed E-state index contributed by atoms with van der Waals surface area (Å²) in [5.74, 6) is -1.42. The summed E-state index contributed by atoms with van der Waals surface area (Å²) in [5.41, 5.74) is 0.362. The molecule has 0 heterocycles. The van der Waals surface area contributed by atoms with Gasteiger partial charge in [-0.2, -0.15) is 5.26 Å². The fourth-order valence-corrected chi connectivity index (χ4v) is 3.19. The van der Waals surface area contributed by atoms with Crippen LogP contribution in [0, 0.1) is 11.3 Å². The number of primary sulfonamides is 1. The first-order valence-electron chi connectivity index (χ1n) is 8.84. The predicted octanol–water partition coefficient (Wildman–Crippen LogP) is 1.83. The van der Waals surface area contributed by atoms with Crippen LogP contribution in [-0.2, 0) is 19.6 Å². The van der Waals surface area contributed by atoms with Gasteiger partial charge < -0.3 is 14.4 Å². The number of nitriles is 1. The molecule has 0 bridgehead atoms. The lowest BCUT2D eigenvalue weighted by Gasteiger charge is -2.25. The number of amides is 1. The number of hydrogen-bond acceptors (Lipinski definition) is 7. The van der Waals surface area contributed by atoms with E-state index in [2.05, 4.69) is 0 Å². The number of rotatable bonds is 8. The SMILES string of the molecule is COc1ccc(S(N)(=O)=O)cc1C(=O)O[C@H](C)C(=O)N(CCC#N)c1ccccc1. The molecule has 2 aromatic carbocycles. The molecule has 0 fully saturated rings. The number of nitrogens with two attached hydrogens (primary N) is 1. The quantitative estimate of drug-likeness (QED) is 0.629. The van der Waals surface area contributed by atoms with E-state index >= 15 is 0 Å². The average molecular weight is 431 g/mol. The zero-order valence-corrected chi connectivity index (χ0v) is 17.3. The molecule has 1 atom stereocenters. The second kappa shape index (κ2) is 9.87. The first-order valence-corrected chi connectivity index (χ1v) is 10.4. The Morgan fingerprint density at radius 2 is 1.87 bits per heavy atom. The monoisotopic (exact) mass is 431 g/mol. The fraction of sp³-hybridized carbons (Fsp3) is 0.250. The number of methoxy groups -OCH3 is 1. The van der Waals surface area contributed by atoms with Crippen LogP contribution in [0.15, 0.2) is 53.4 Å². The Morgan fingerprint density at radius 1 is 1.20 bits per heavy atom. The molecule has 2 aromatic rings. The number of benzene rings is 2. The Labute approximate surface area is 174 Å². The average Bonchev–Trinajstić information content (AvgIpc) is 2.73. The number of para-hydroxylation sites is 1. The van der Waals surface area contributed by atoms with Crippen LogP contribution in [0.5, 0.6) is 5.75 Å². The molecule has 1 amide bonds. The summed E-state index contributed by atoms with van der Waals surface area (Å²) in [6.45, 7) is 1.50. The maximum Gasteiger partial charge on any atom is 0.342 e. The molecule has 158 valence electrons. The van der Waals surface area contributed by atoms with Crippen molar-refractivity contribution in [3.8, 4) is 11.8 Å². The van der Waals surface area contributed by atoms with Gasteiger partial charge in [0.05, 0.1) is 24.5 Å². The van der Waals surface area contributed by atoms with Crippen molar-refractivity contribution in [2.45, 2.75) is 24.3 Å². The van der Waals surface area contributed by atoms with E-state index in [-0.39, 0.29) is 29.2 Å². The van der Waals surface area contributed by atoms with Crippen LogP contribution in [0.4, 0.5) is 5.69 Å². The molecule has 0 aliphatic carbocycles. The van der Waals surface area contributed by atoms with E-state index in [0.717, 1.165) is 6.07 Å². The van der Waals surface area contributed by atoms with E-state index in [0.29, 0.717) is 5.69 Å². The van der Waals surface area contributed by atoms with Crippen LogP contribution in [0.1, 0.15) is 23.7 Å². The summed E-state index contributed by atoms with van der Waals surface area (Å²) in [5, 5.41) is 14.0. The van der Waals surface area contributed by atoms with Crippen LogP contribution in [0.25, 0.3) is 0 Å². The van der Waals surface area contributed by atoms with Gasteiger partial charge in [0, 0.05) is 12.2 Å². The number of carbonyl (C=O) groups is 2. The number of ether oxygens (including phenoxy) is 2. The van der Waals surface area contributed by atoms with E-state index in [9.17, 15) is 18.0 Å². The maximum atomic E-state index is 12.9. The topological polar surface area (TPSA) is 140 Å². The van der Waals surface area contributed by atoms with E-state index in [4.69, 9.17) is 19.9 Å². The van der Waals surface area contributed by atoms with E-state index in [1.54, 1.807) is 30.3 Å². The van der Waals surface area contributed by atoms with Gasteiger partial charge in [0.1, 0.15) is 11.3 Å². The Morgan fingerprint density at radius 3 is 2.43 bits per heavy atom. The van der Waals surface area contributed by atoms with Crippen LogP contribution in [0.3, 0.4) is 0 Å². The van der Waals surface area contributed by atoms with Crippen molar-refractivity contribution < 1.29 is 27.5 Å². The summed E-state index contributed by atoms with van der Waals surface area (Å²) >= 11 is 0. The van der Waals surface area contributed by atoms with Crippen molar-refractivity contribution in [2.24, 2.45) is 5.14 Å². The van der Waals surface area contributed by atoms with Gasteiger partial charge in [0.25, 0.3) is 5.91 Å². The molecule has 0 saturated carbocycles. The third-order valence-corrected chi connectivity index (χ3v) is 5.04. The Kier molecular flexibility index (Phi) is 7.52. The first kappa shape index (κ1) is 22.9. The van der Waals surface area contributed by atoms with Gasteiger partial charge in [-0.05, 0) is 37.3 Å². The van der Waals surface area contributed by atoms with Crippen molar-refractivity contribution in [1.82, 2.24) is 0 Å². The normalized spacial score (nSPS) is 11.8. The van der Waals surface area contributed by atoms with Gasteiger partial charge in [-0.3, -0.25) is 4.79 Å². The van der Waals surface area contributed by atoms with Crippen molar-refractivity contribution in [1.29, 1.82) is 5.26 Å². The minimum atomic E-state index is -4.06. The smallest absolute Gasteiger partial charge is 0.342 e. The zero-order chi connectivity index (χ0) is 22.3. The van der Waals surface area contributed by atoms with Gasteiger partial charge in [0.15, 0.2) is 6.10 Å². The molecular formula is C20H21N3O6S. The molecule has 0 radical (unpaired) electrons. The number of anilines is 1. The summed E-state index contributed by atoms with van der Waals surface area (Å²) in [6, 6.07) is 14.1. The highest BCUT2D eigenvalue weighted by Gasteiger charge is 2.27. The maximum absolute atomic E-state index is 12.9. The second-order valence-electron chi connectivity index (χ2n) is 6.19. The number of nitrogens with zero attached hydrogens (tertiary/aromatic N) is 2. The molecule has 0 saturated heterocycles. The number of hydrogen-bond donors (Lipinski definition) is 1. The van der Waals surface area contributed by atoms with Gasteiger partial charge in [-0.25, -0.2) is 18.4 Å². The Hall–Kier alpha value is -3.42. The number of esters is 1. The highest BCUT2D eigenvalue weighted by molar-refractivity contribution is 7.89. The summed E-state index contributed by atoms with van der Waals surface area (Å²) < 4.78 is 33.5. The largest absolute Gasteiger partial charge is 0.496 e. The van der Waals surface area contributed by atoms with Gasteiger partial charge in [-0.1, -0.05) is 18.2 Å². The molecule has 0 aromatic heterocycles. The molecule has 2 rings (SSSR count). The molecule has 0 aliphatic rings. The van der Waals surface area contributed by atoms with Gasteiger partial charge >= 0.3 is 5.97 Å². The van der Waals surface area contributed by atoms with Crippen LogP contribution >= 0.6 is 0 Å². The molecular weight excluding hydrogens is 410 g/mol. The molecule has 9 nitrogen and oxygen atoms in total. The third kappa shape index (κ3) is 5.56. The Bertz CT molecular complexity index is 1060. The van der Waals surface area contributed by atoms with Crippen LogP contribution < -0.4 is 14.8 Å². The standard InChI is InChI=1S/C20H21N3O6S/c1-14(19(24)23(12-6-11-21)15-7-4-3-5-8-15)29-20(25)17-13-16(30(22,26)27)9-10-18(17)28-2/h3-5,7-10,13-14H,6,12H2,1-2H3,(H2,22,26,27)/t14-/m1/s1. The van der Waals surface area contributed by atoms with E-state index in [1.807, 2.05) is 6.07 Å². The van der Waals surface area contributed by atoms with Crippen molar-refractivity contribution in [3.63, 3.8) is 0 Å². The number of carbonyl (C=O) groups excluding carboxylic acids is 2. The minimum absolute atomic E-state index is 0.0662. The van der Waals surface area contributed by atoms with E-state index < -0.39 is 28.0 Å². The highest BCUT2D eigenvalue weighted by Crippen LogP contribution is 2.24. The molecule has 10 heteroatoms. The minimum Gasteiger partial charge on any atom is -0.496 e. The third-order valence-electron chi connectivity index (χ3n) is 4.13. The first-order chi connectivity index (χ1) is 14.2. The summed E-state index contributed by atoms with van der Waals surface area (Å²) in [6.07, 6.45) is -1.12. The van der Waals surface area contributed by atoms with Crippen LogP contribution in [-0.4, -0.2) is 40.1 Å². The van der Waals surface area contributed by atoms with Crippen LogP contribution in [0.2, 0.25) is 0 Å². The Balaban J connectivity index is 2.27. The van der Waals surface area contributed by atoms with E-state index in [1.165, 1.54) is 31.1 Å². The lowest BCUT2D eigenvalue weighted by Crippen LogP contribution is -2.40. The lowest BCUT2D eigenvalue weighted by molar-refractivity contribution is -0.126. The van der Waals surface area contributed by atoms with Crippen molar-refractivity contribution >= 4 is 27.6 Å². The molecule has 2 N–H and O–H groups in total. The summed E-state index contributed by atoms with van der Waals surface area (Å²) in [7, 11) is -2.76.